The van der Waals surface area contributed by atoms with E-state index in [-0.39, 0.29) is 5.41 Å². The number of aryl methyl sites for hydroxylation is 2. The van der Waals surface area contributed by atoms with Gasteiger partial charge in [-0.1, -0.05) is 44.5 Å². The summed E-state index contributed by atoms with van der Waals surface area (Å²) in [5.41, 5.74) is 4.61. The predicted octanol–water partition coefficient (Wildman–Crippen LogP) is 4.10. The number of nitrogens with zero attached hydrogens (tertiary/aromatic N) is 2. The van der Waals surface area contributed by atoms with Crippen LogP contribution in [0.15, 0.2) is 24.3 Å². The van der Waals surface area contributed by atoms with Gasteiger partial charge in [0.1, 0.15) is 5.82 Å². The highest BCUT2D eigenvalue weighted by molar-refractivity contribution is 5.62. The highest BCUT2D eigenvalue weighted by Crippen LogP contribution is 2.27. The summed E-state index contributed by atoms with van der Waals surface area (Å²) in [6.07, 6.45) is 0. The fourth-order valence-electron chi connectivity index (χ4n) is 2.14. The van der Waals surface area contributed by atoms with Gasteiger partial charge in [0.2, 0.25) is 0 Å². The van der Waals surface area contributed by atoms with Crippen LogP contribution in [0, 0.1) is 13.8 Å². The Morgan fingerprint density at radius 3 is 2.25 bits per heavy atom. The fourth-order valence-corrected chi connectivity index (χ4v) is 2.14. The van der Waals surface area contributed by atoms with Crippen molar-refractivity contribution in [3.8, 4) is 11.4 Å². The monoisotopic (exact) mass is 269 g/mol. The van der Waals surface area contributed by atoms with E-state index in [9.17, 15) is 0 Å². The zero-order chi connectivity index (χ0) is 14.9. The highest BCUT2D eigenvalue weighted by atomic mass is 15.0. The molecule has 0 radical (unpaired) electrons. The van der Waals surface area contributed by atoms with Gasteiger partial charge in [-0.3, -0.25) is 0 Å². The van der Waals surface area contributed by atoms with Gasteiger partial charge in [-0.05, 0) is 19.4 Å². The van der Waals surface area contributed by atoms with Crippen molar-refractivity contribution in [2.24, 2.45) is 0 Å². The second-order valence-corrected chi connectivity index (χ2v) is 6.28. The molecule has 2 aromatic rings. The average Bonchev–Trinajstić information content (AvgIpc) is 2.37. The van der Waals surface area contributed by atoms with Crippen LogP contribution < -0.4 is 5.32 Å². The van der Waals surface area contributed by atoms with Crippen LogP contribution in [0.25, 0.3) is 11.4 Å². The molecule has 0 saturated carbocycles. The Hall–Kier alpha value is -1.90. The average molecular weight is 269 g/mol. The van der Waals surface area contributed by atoms with E-state index >= 15 is 0 Å². The van der Waals surface area contributed by atoms with Gasteiger partial charge in [0.25, 0.3) is 0 Å². The van der Waals surface area contributed by atoms with Crippen molar-refractivity contribution in [2.75, 3.05) is 12.4 Å². The van der Waals surface area contributed by atoms with Gasteiger partial charge in [0.05, 0.1) is 5.69 Å². The zero-order valence-electron chi connectivity index (χ0n) is 13.2. The normalized spacial score (nSPS) is 11.5. The molecule has 20 heavy (non-hydrogen) atoms. The Labute approximate surface area is 121 Å². The molecule has 0 unspecified atom stereocenters. The molecule has 3 nitrogen and oxygen atoms in total. The molecular weight excluding hydrogens is 246 g/mol. The van der Waals surface area contributed by atoms with E-state index in [4.69, 9.17) is 4.98 Å². The molecule has 3 heteroatoms. The molecule has 1 aromatic carbocycles. The minimum atomic E-state index is 0.00188. The van der Waals surface area contributed by atoms with Crippen LogP contribution in [0.1, 0.15) is 37.6 Å². The van der Waals surface area contributed by atoms with Gasteiger partial charge in [-0.15, -0.1) is 0 Å². The van der Waals surface area contributed by atoms with E-state index in [1.54, 1.807) is 0 Å². The third-order valence-corrected chi connectivity index (χ3v) is 3.37. The first-order valence-electron chi connectivity index (χ1n) is 6.96. The number of hydrogen-bond donors (Lipinski definition) is 1. The molecule has 0 spiro atoms. The number of anilines is 1. The first kappa shape index (κ1) is 14.5. The first-order chi connectivity index (χ1) is 9.31. The number of nitrogens with one attached hydrogen (secondary N) is 1. The van der Waals surface area contributed by atoms with Crippen molar-refractivity contribution >= 4 is 5.82 Å². The third-order valence-electron chi connectivity index (χ3n) is 3.37. The maximum Gasteiger partial charge on any atom is 0.162 e. The Kier molecular flexibility index (Phi) is 3.80. The van der Waals surface area contributed by atoms with E-state index in [1.807, 2.05) is 13.1 Å². The van der Waals surface area contributed by atoms with Crippen molar-refractivity contribution in [3.05, 3.63) is 41.1 Å². The van der Waals surface area contributed by atoms with Gasteiger partial charge >= 0.3 is 0 Å². The standard InChI is InChI=1S/C17H23N3/c1-11-7-8-13(12(2)9-11)16-19-14(17(3,4)5)10-15(18-6)20-16/h7-10H,1-6H3,(H,18,19,20). The molecule has 1 N–H and O–H groups in total. The van der Waals surface area contributed by atoms with Crippen molar-refractivity contribution < 1.29 is 0 Å². The molecular formula is C17H23N3. The maximum atomic E-state index is 4.76. The highest BCUT2D eigenvalue weighted by Gasteiger charge is 2.18. The van der Waals surface area contributed by atoms with Crippen LogP contribution in [0.4, 0.5) is 5.82 Å². The van der Waals surface area contributed by atoms with Crippen molar-refractivity contribution in [1.29, 1.82) is 0 Å². The summed E-state index contributed by atoms with van der Waals surface area (Å²) >= 11 is 0. The van der Waals surface area contributed by atoms with Crippen LogP contribution in [0.3, 0.4) is 0 Å². The van der Waals surface area contributed by atoms with Crippen LogP contribution >= 0.6 is 0 Å². The molecule has 0 aliphatic carbocycles. The SMILES string of the molecule is CNc1cc(C(C)(C)C)nc(-c2ccc(C)cc2C)n1. The molecule has 0 aliphatic heterocycles. The Bertz CT molecular complexity index is 625. The van der Waals surface area contributed by atoms with Crippen LogP contribution in [0.2, 0.25) is 0 Å². The second kappa shape index (κ2) is 5.23. The molecule has 2 rings (SSSR count). The third kappa shape index (κ3) is 2.98. The lowest BCUT2D eigenvalue weighted by atomic mass is 9.91. The smallest absolute Gasteiger partial charge is 0.162 e. The van der Waals surface area contributed by atoms with Crippen molar-refractivity contribution in [3.63, 3.8) is 0 Å². The lowest BCUT2D eigenvalue weighted by molar-refractivity contribution is 0.568. The van der Waals surface area contributed by atoms with Gasteiger partial charge in [0, 0.05) is 24.1 Å². The Balaban J connectivity index is 2.61. The predicted molar refractivity (Wildman–Crippen MR) is 85.2 cm³/mol. The minimum absolute atomic E-state index is 0.00188. The van der Waals surface area contributed by atoms with E-state index in [2.05, 4.69) is 63.1 Å². The lowest BCUT2D eigenvalue weighted by Crippen LogP contribution is -2.15. The number of benzene rings is 1. The largest absolute Gasteiger partial charge is 0.373 e. The summed E-state index contributed by atoms with van der Waals surface area (Å²) in [5.74, 6) is 1.65. The van der Waals surface area contributed by atoms with E-state index < -0.39 is 0 Å². The summed E-state index contributed by atoms with van der Waals surface area (Å²) in [7, 11) is 1.89. The van der Waals surface area contributed by atoms with Gasteiger partial charge in [0.15, 0.2) is 5.82 Å². The van der Waals surface area contributed by atoms with Crippen LogP contribution in [0.5, 0.6) is 0 Å². The Morgan fingerprint density at radius 1 is 1.00 bits per heavy atom. The Morgan fingerprint density at radius 2 is 1.70 bits per heavy atom. The summed E-state index contributed by atoms with van der Waals surface area (Å²) in [5, 5.41) is 3.13. The molecule has 0 bridgehead atoms. The maximum absolute atomic E-state index is 4.76. The van der Waals surface area contributed by atoms with E-state index in [0.29, 0.717) is 0 Å². The van der Waals surface area contributed by atoms with Crippen molar-refractivity contribution in [1.82, 2.24) is 9.97 Å². The van der Waals surface area contributed by atoms with Gasteiger partial charge < -0.3 is 5.32 Å². The number of aromatic nitrogens is 2. The fraction of sp³-hybridized carbons (Fsp3) is 0.412. The second-order valence-electron chi connectivity index (χ2n) is 6.28. The molecule has 0 fully saturated rings. The zero-order valence-corrected chi connectivity index (χ0v) is 13.2. The van der Waals surface area contributed by atoms with Gasteiger partial charge in [-0.2, -0.15) is 0 Å². The summed E-state index contributed by atoms with van der Waals surface area (Å²) < 4.78 is 0. The minimum Gasteiger partial charge on any atom is -0.373 e. The van der Waals surface area contributed by atoms with E-state index in [1.165, 1.54) is 11.1 Å². The summed E-state index contributed by atoms with van der Waals surface area (Å²) in [4.78, 5) is 9.37. The molecule has 1 heterocycles. The topological polar surface area (TPSA) is 37.8 Å². The summed E-state index contributed by atoms with van der Waals surface area (Å²) in [6, 6.07) is 8.40. The quantitative estimate of drug-likeness (QED) is 0.892. The molecule has 0 atom stereocenters. The van der Waals surface area contributed by atoms with Crippen molar-refractivity contribution in [2.45, 2.75) is 40.0 Å². The van der Waals surface area contributed by atoms with E-state index in [0.717, 1.165) is 22.9 Å². The molecule has 0 amide bonds. The molecule has 0 aliphatic rings. The number of rotatable bonds is 2. The van der Waals surface area contributed by atoms with Crippen LogP contribution in [-0.4, -0.2) is 17.0 Å². The van der Waals surface area contributed by atoms with Gasteiger partial charge in [-0.25, -0.2) is 9.97 Å². The molecule has 0 saturated heterocycles. The first-order valence-corrected chi connectivity index (χ1v) is 6.96. The molecule has 106 valence electrons. The summed E-state index contributed by atoms with van der Waals surface area (Å²) in [6.45, 7) is 10.7. The lowest BCUT2D eigenvalue weighted by Gasteiger charge is -2.19. The van der Waals surface area contributed by atoms with Crippen LogP contribution in [-0.2, 0) is 5.41 Å². The number of hydrogen-bond acceptors (Lipinski definition) is 3. The molecule has 1 aromatic heterocycles.